The molecule has 18 heavy (non-hydrogen) atoms. The van der Waals surface area contributed by atoms with Crippen molar-refractivity contribution >= 4 is 22.4 Å². The van der Waals surface area contributed by atoms with Gasteiger partial charge in [0.05, 0.1) is 6.20 Å². The molecule has 0 aromatic carbocycles. The van der Waals surface area contributed by atoms with Crippen molar-refractivity contribution in [2.45, 2.75) is 31.0 Å². The van der Waals surface area contributed by atoms with Crippen molar-refractivity contribution in [3.8, 4) is 0 Å². The first-order valence-corrected chi connectivity index (χ1v) is 7.22. The van der Waals surface area contributed by atoms with Crippen LogP contribution < -0.4 is 5.32 Å². The van der Waals surface area contributed by atoms with Gasteiger partial charge in [-0.05, 0) is 26.0 Å². The molecule has 8 heteroatoms. The van der Waals surface area contributed by atoms with Crippen LogP contribution in [-0.4, -0.2) is 48.7 Å². The average molecular weight is 295 g/mol. The van der Waals surface area contributed by atoms with Crippen LogP contribution in [0, 0.1) is 0 Å². The number of nitrogens with zero attached hydrogens (tertiary/aromatic N) is 3. The molecule has 2 rings (SSSR count). The predicted molar refractivity (Wildman–Crippen MR) is 71.4 cm³/mol. The van der Waals surface area contributed by atoms with Gasteiger partial charge in [-0.1, -0.05) is 0 Å². The van der Waals surface area contributed by atoms with Gasteiger partial charge in [-0.2, -0.15) is 9.40 Å². The lowest BCUT2D eigenvalue weighted by molar-refractivity contribution is 0.382. The zero-order valence-electron chi connectivity index (χ0n) is 10.5. The lowest BCUT2D eigenvalue weighted by atomic mass is 10.3. The van der Waals surface area contributed by atoms with E-state index in [9.17, 15) is 8.42 Å². The molecule has 1 N–H and O–H groups in total. The largest absolute Gasteiger partial charge is 0.315 e. The molecule has 0 aliphatic carbocycles. The summed E-state index contributed by atoms with van der Waals surface area (Å²) in [5.41, 5.74) is 0. The van der Waals surface area contributed by atoms with Crippen LogP contribution in [0.3, 0.4) is 0 Å². The molecule has 1 aromatic heterocycles. The van der Waals surface area contributed by atoms with Gasteiger partial charge < -0.3 is 5.32 Å². The Balaban J connectivity index is 0.00000162. The number of aryl methyl sites for hydroxylation is 1. The van der Waals surface area contributed by atoms with Gasteiger partial charge in [-0.3, -0.25) is 4.68 Å². The van der Waals surface area contributed by atoms with Crippen molar-refractivity contribution in [3.05, 3.63) is 12.3 Å². The van der Waals surface area contributed by atoms with E-state index >= 15 is 0 Å². The lowest BCUT2D eigenvalue weighted by Crippen LogP contribution is -2.39. The Kier molecular flexibility index (Phi) is 5.15. The summed E-state index contributed by atoms with van der Waals surface area (Å²) in [5, 5.41) is 7.45. The maximum absolute atomic E-state index is 12.4. The zero-order valence-corrected chi connectivity index (χ0v) is 12.2. The Hall–Kier alpha value is -0.630. The molecule has 104 valence electrons. The summed E-state index contributed by atoms with van der Waals surface area (Å²) in [4.78, 5) is 0. The Labute approximate surface area is 114 Å². The van der Waals surface area contributed by atoms with Crippen molar-refractivity contribution in [2.24, 2.45) is 0 Å². The van der Waals surface area contributed by atoms with Crippen molar-refractivity contribution < 1.29 is 8.42 Å². The first-order valence-electron chi connectivity index (χ1n) is 5.78. The van der Waals surface area contributed by atoms with E-state index in [0.29, 0.717) is 6.54 Å². The lowest BCUT2D eigenvalue weighted by Gasteiger charge is -2.23. The van der Waals surface area contributed by atoms with E-state index in [1.54, 1.807) is 13.1 Å². The van der Waals surface area contributed by atoms with Gasteiger partial charge in [0.25, 0.3) is 10.0 Å². The Morgan fingerprint density at radius 3 is 2.89 bits per heavy atom. The molecule has 0 amide bonds. The minimum Gasteiger partial charge on any atom is -0.315 e. The normalized spacial score (nSPS) is 20.1. The smallest absolute Gasteiger partial charge is 0.260 e. The summed E-state index contributed by atoms with van der Waals surface area (Å²) in [7, 11) is -1.79. The molecule has 1 unspecified atom stereocenters. The molecule has 0 spiro atoms. The number of hydrogen-bond acceptors (Lipinski definition) is 4. The molecule has 1 atom stereocenters. The molecule has 0 radical (unpaired) electrons. The van der Waals surface area contributed by atoms with Gasteiger partial charge in [-0.25, -0.2) is 8.42 Å². The van der Waals surface area contributed by atoms with Gasteiger partial charge in [-0.15, -0.1) is 12.4 Å². The maximum atomic E-state index is 12.4. The third-order valence-electron chi connectivity index (χ3n) is 3.17. The van der Waals surface area contributed by atoms with Crippen LogP contribution in [0.4, 0.5) is 0 Å². The van der Waals surface area contributed by atoms with Crippen molar-refractivity contribution in [1.29, 1.82) is 0 Å². The second kappa shape index (κ2) is 6.01. The fourth-order valence-corrected chi connectivity index (χ4v) is 3.61. The quantitative estimate of drug-likeness (QED) is 0.868. The topological polar surface area (TPSA) is 67.2 Å². The molecule has 1 aliphatic heterocycles. The summed E-state index contributed by atoms with van der Waals surface area (Å²) in [6.45, 7) is 4.02. The van der Waals surface area contributed by atoms with Crippen molar-refractivity contribution in [2.75, 3.05) is 20.1 Å². The molecule has 6 nitrogen and oxygen atoms in total. The fraction of sp³-hybridized carbons (Fsp3) is 0.700. The predicted octanol–water partition coefficient (Wildman–Crippen LogP) is 0.307. The summed E-state index contributed by atoms with van der Waals surface area (Å²) < 4.78 is 27.8. The monoisotopic (exact) mass is 294 g/mol. The van der Waals surface area contributed by atoms with Gasteiger partial charge in [0.1, 0.15) is 0 Å². The van der Waals surface area contributed by atoms with Crippen molar-refractivity contribution in [3.63, 3.8) is 0 Å². The SMILES string of the molecule is CCn1nccc1S(=O)(=O)N(C)C1CCNC1.Cl. The van der Waals surface area contributed by atoms with Crippen LogP contribution in [0.25, 0.3) is 0 Å². The first-order chi connectivity index (χ1) is 8.07. The second-order valence-electron chi connectivity index (χ2n) is 4.15. The standard InChI is InChI=1S/C10H18N4O2S.ClH/c1-3-14-10(5-7-12-14)17(15,16)13(2)9-4-6-11-8-9;/h5,7,9,11H,3-4,6,8H2,1-2H3;1H. The highest BCUT2D eigenvalue weighted by Crippen LogP contribution is 2.18. The Morgan fingerprint density at radius 1 is 1.61 bits per heavy atom. The summed E-state index contributed by atoms with van der Waals surface area (Å²) >= 11 is 0. The molecule has 0 bridgehead atoms. The number of aromatic nitrogens is 2. The third-order valence-corrected chi connectivity index (χ3v) is 5.10. The number of sulfonamides is 1. The number of halogens is 1. The van der Waals surface area contributed by atoms with Crippen LogP contribution in [0.2, 0.25) is 0 Å². The highest BCUT2D eigenvalue weighted by Gasteiger charge is 2.31. The van der Waals surface area contributed by atoms with E-state index in [2.05, 4.69) is 10.4 Å². The highest BCUT2D eigenvalue weighted by atomic mass is 35.5. The Morgan fingerprint density at radius 2 is 2.33 bits per heavy atom. The van der Waals surface area contributed by atoms with E-state index in [4.69, 9.17) is 0 Å². The minimum atomic E-state index is -3.43. The average Bonchev–Trinajstić information content (AvgIpc) is 2.98. The molecule has 1 aliphatic rings. The molecule has 0 saturated carbocycles. The summed E-state index contributed by atoms with van der Waals surface area (Å²) in [6, 6.07) is 1.60. The third kappa shape index (κ3) is 2.69. The second-order valence-corrected chi connectivity index (χ2v) is 6.10. The first kappa shape index (κ1) is 15.4. The molecule has 1 saturated heterocycles. The molecule has 2 heterocycles. The van der Waals surface area contributed by atoms with Crippen LogP contribution >= 0.6 is 12.4 Å². The van der Waals surface area contributed by atoms with Gasteiger partial charge in [0.2, 0.25) is 0 Å². The van der Waals surface area contributed by atoms with Crippen LogP contribution in [-0.2, 0) is 16.6 Å². The van der Waals surface area contributed by atoms with E-state index in [1.165, 1.54) is 15.2 Å². The van der Waals surface area contributed by atoms with E-state index in [-0.39, 0.29) is 23.5 Å². The number of nitrogens with one attached hydrogen (secondary N) is 1. The molecular formula is C10H19ClN4O2S. The van der Waals surface area contributed by atoms with E-state index < -0.39 is 10.0 Å². The molecule has 1 aromatic rings. The van der Waals surface area contributed by atoms with Crippen LogP contribution in [0.1, 0.15) is 13.3 Å². The summed E-state index contributed by atoms with van der Waals surface area (Å²) in [6.07, 6.45) is 2.38. The number of hydrogen-bond donors (Lipinski definition) is 1. The van der Waals surface area contributed by atoms with Crippen LogP contribution in [0.15, 0.2) is 17.3 Å². The van der Waals surface area contributed by atoms with E-state index in [0.717, 1.165) is 19.5 Å². The number of likely N-dealkylation sites (N-methyl/N-ethyl adjacent to an activating group) is 1. The molecular weight excluding hydrogens is 276 g/mol. The maximum Gasteiger partial charge on any atom is 0.260 e. The van der Waals surface area contributed by atoms with E-state index in [1.807, 2.05) is 6.92 Å². The zero-order chi connectivity index (χ0) is 12.5. The van der Waals surface area contributed by atoms with Gasteiger partial charge in [0, 0.05) is 26.2 Å². The van der Waals surface area contributed by atoms with Crippen LogP contribution in [0.5, 0.6) is 0 Å². The summed E-state index contributed by atoms with van der Waals surface area (Å²) in [5.74, 6) is 0. The van der Waals surface area contributed by atoms with Gasteiger partial charge >= 0.3 is 0 Å². The highest BCUT2D eigenvalue weighted by molar-refractivity contribution is 7.89. The van der Waals surface area contributed by atoms with Gasteiger partial charge in [0.15, 0.2) is 5.03 Å². The fourth-order valence-electron chi connectivity index (χ4n) is 2.07. The van der Waals surface area contributed by atoms with Crippen molar-refractivity contribution in [1.82, 2.24) is 19.4 Å². The minimum absolute atomic E-state index is 0. The number of rotatable bonds is 4. The molecule has 1 fully saturated rings. The Bertz CT molecular complexity index is 482.